The highest BCUT2D eigenvalue weighted by Crippen LogP contribution is 2.50. The zero-order valence-corrected chi connectivity index (χ0v) is 22.5. The summed E-state index contributed by atoms with van der Waals surface area (Å²) >= 11 is 17.6. The number of carbonyl (C=O) groups is 4. The Morgan fingerprint density at radius 3 is 2.39 bits per heavy atom. The van der Waals surface area contributed by atoms with Gasteiger partial charge in [0.25, 0.3) is 0 Å². The van der Waals surface area contributed by atoms with Gasteiger partial charge in [0.1, 0.15) is 30.1 Å². The van der Waals surface area contributed by atoms with E-state index in [1.165, 1.54) is 33.5 Å². The Kier molecular flexibility index (Phi) is 8.28. The molecule has 2 heterocycles. The minimum atomic E-state index is -4.68. The third-order valence-electron chi connectivity index (χ3n) is 5.23. The standard InChI is InChI=1S/C19H21Cl3N4O8S2/c1-18(2)12(16(29)30)26-14(28)11(15(26)35-18)23-13(27)10(9-6-4-3-5-7-9)24-36(32,33)25-17(31)34-8-19(20,21)22/h3-7,10-12,15,24H,8H2,1-2H3,(H,23,27)(H,25,31)(H,29,30)/t10?,11-,12+,15-/m1/s1. The summed E-state index contributed by atoms with van der Waals surface area (Å²) in [5.74, 6) is -2.69. The number of rotatable bonds is 8. The number of nitrogens with one attached hydrogen (secondary N) is 3. The van der Waals surface area contributed by atoms with Gasteiger partial charge in [0.05, 0.1) is 0 Å². The number of aliphatic carboxylic acids is 1. The summed E-state index contributed by atoms with van der Waals surface area (Å²) in [7, 11) is -4.68. The number of ether oxygens (including phenoxy) is 1. The number of thioether (sulfide) groups is 1. The molecule has 2 fully saturated rings. The minimum absolute atomic E-state index is 0.196. The molecule has 0 bridgehead atoms. The van der Waals surface area contributed by atoms with E-state index in [0.717, 1.165) is 0 Å². The fourth-order valence-corrected chi connectivity index (χ4v) is 6.45. The van der Waals surface area contributed by atoms with Gasteiger partial charge in [-0.05, 0) is 19.4 Å². The van der Waals surface area contributed by atoms with Crippen molar-refractivity contribution in [2.24, 2.45) is 0 Å². The van der Waals surface area contributed by atoms with Crippen molar-refractivity contribution in [3.8, 4) is 0 Å². The smallest absolute Gasteiger partial charge is 0.422 e. The molecule has 198 valence electrons. The molecule has 1 aromatic carbocycles. The van der Waals surface area contributed by atoms with Gasteiger partial charge in [-0.2, -0.15) is 13.1 Å². The molecule has 0 aromatic heterocycles. The number of halogens is 3. The second-order valence-electron chi connectivity index (χ2n) is 8.34. The van der Waals surface area contributed by atoms with Crippen LogP contribution in [0.2, 0.25) is 0 Å². The first kappa shape index (κ1) is 28.6. The molecule has 12 nitrogen and oxygen atoms in total. The van der Waals surface area contributed by atoms with Crippen LogP contribution in [0.5, 0.6) is 0 Å². The molecule has 4 N–H and O–H groups in total. The van der Waals surface area contributed by atoms with Gasteiger partial charge in [0.2, 0.25) is 15.6 Å². The number of benzene rings is 1. The van der Waals surface area contributed by atoms with E-state index < -0.39 is 72.7 Å². The van der Waals surface area contributed by atoms with Crippen LogP contribution in [-0.4, -0.2) is 74.9 Å². The van der Waals surface area contributed by atoms with Gasteiger partial charge in [0.15, 0.2) is 0 Å². The van der Waals surface area contributed by atoms with Gasteiger partial charge in [-0.1, -0.05) is 65.1 Å². The topological polar surface area (TPSA) is 171 Å². The molecule has 3 amide bonds. The summed E-state index contributed by atoms with van der Waals surface area (Å²) in [5, 5.41) is 11.4. The van der Waals surface area contributed by atoms with E-state index >= 15 is 0 Å². The van der Waals surface area contributed by atoms with Gasteiger partial charge in [-0.25, -0.2) is 14.3 Å². The lowest BCUT2D eigenvalue weighted by atomic mass is 9.95. The largest absolute Gasteiger partial charge is 0.480 e. The normalized spacial score (nSPS) is 23.8. The summed E-state index contributed by atoms with van der Waals surface area (Å²) in [5.41, 5.74) is 0.196. The molecule has 0 spiro atoms. The Morgan fingerprint density at radius 2 is 1.83 bits per heavy atom. The van der Waals surface area contributed by atoms with Crippen molar-refractivity contribution < 1.29 is 37.4 Å². The first-order chi connectivity index (χ1) is 16.5. The van der Waals surface area contributed by atoms with Gasteiger partial charge >= 0.3 is 22.3 Å². The lowest BCUT2D eigenvalue weighted by Gasteiger charge is -2.44. The van der Waals surface area contributed by atoms with Crippen molar-refractivity contribution in [2.75, 3.05) is 6.61 Å². The van der Waals surface area contributed by atoms with Crippen molar-refractivity contribution in [3.05, 3.63) is 35.9 Å². The summed E-state index contributed by atoms with van der Waals surface area (Å²) in [4.78, 5) is 50.5. The average Bonchev–Trinajstić information content (AvgIpc) is 3.02. The van der Waals surface area contributed by atoms with E-state index in [0.29, 0.717) is 0 Å². The lowest BCUT2D eigenvalue weighted by molar-refractivity contribution is -0.161. The Labute approximate surface area is 225 Å². The molecule has 2 aliphatic heterocycles. The fourth-order valence-electron chi connectivity index (χ4n) is 3.77. The quantitative estimate of drug-likeness (QED) is 0.252. The second kappa shape index (κ2) is 10.4. The van der Waals surface area contributed by atoms with Gasteiger partial charge in [-0.15, -0.1) is 11.8 Å². The predicted octanol–water partition coefficient (Wildman–Crippen LogP) is 1.29. The summed E-state index contributed by atoms with van der Waals surface area (Å²) in [6.07, 6.45) is -1.46. The molecule has 17 heteroatoms. The molecule has 1 aromatic rings. The second-order valence-corrected chi connectivity index (χ2v) is 14.1. The van der Waals surface area contributed by atoms with Crippen LogP contribution in [0.15, 0.2) is 30.3 Å². The molecule has 4 atom stereocenters. The van der Waals surface area contributed by atoms with E-state index in [1.54, 1.807) is 32.0 Å². The van der Waals surface area contributed by atoms with E-state index in [2.05, 4.69) is 10.1 Å². The number of carboxylic acids is 1. The van der Waals surface area contributed by atoms with Gasteiger partial charge in [0, 0.05) is 4.75 Å². The Morgan fingerprint density at radius 1 is 1.22 bits per heavy atom. The number of carbonyl (C=O) groups excluding carboxylic acids is 3. The monoisotopic (exact) mass is 602 g/mol. The number of carboxylic acid groups (broad SMARTS) is 1. The van der Waals surface area contributed by atoms with E-state index in [-0.39, 0.29) is 5.56 Å². The number of amides is 3. The van der Waals surface area contributed by atoms with Gasteiger partial charge in [-0.3, -0.25) is 9.59 Å². The first-order valence-corrected chi connectivity index (χ1v) is 13.6. The summed E-state index contributed by atoms with van der Waals surface area (Å²) in [6, 6.07) is 3.92. The molecular weight excluding hydrogens is 583 g/mol. The minimum Gasteiger partial charge on any atom is -0.480 e. The Bertz CT molecular complexity index is 1160. The maximum Gasteiger partial charge on any atom is 0.422 e. The van der Waals surface area contributed by atoms with Crippen LogP contribution in [0, 0.1) is 0 Å². The van der Waals surface area contributed by atoms with Crippen molar-refractivity contribution >= 4 is 80.7 Å². The average molecular weight is 604 g/mol. The number of fused-ring (bicyclic) bond motifs is 1. The Hall–Kier alpha value is -1.97. The molecule has 0 saturated carbocycles. The zero-order valence-electron chi connectivity index (χ0n) is 18.6. The fraction of sp³-hybridized carbons (Fsp3) is 0.474. The SMILES string of the molecule is CC1(C)S[C@@H]2[C@H](NC(=O)C(NS(=O)(=O)NC(=O)OCC(Cl)(Cl)Cl)c3ccccc3)C(=O)N2[C@H]1C(=O)O. The molecule has 0 aliphatic carbocycles. The third-order valence-corrected chi connectivity index (χ3v) is 8.11. The first-order valence-electron chi connectivity index (χ1n) is 10.1. The molecule has 2 aliphatic rings. The molecule has 36 heavy (non-hydrogen) atoms. The van der Waals surface area contributed by atoms with E-state index in [4.69, 9.17) is 34.8 Å². The van der Waals surface area contributed by atoms with Crippen LogP contribution in [0.3, 0.4) is 0 Å². The third kappa shape index (κ3) is 6.47. The number of nitrogens with zero attached hydrogens (tertiary/aromatic N) is 1. The van der Waals surface area contributed by atoms with Crippen molar-refractivity contribution in [1.82, 2.24) is 19.7 Å². The predicted molar refractivity (Wildman–Crippen MR) is 132 cm³/mol. The van der Waals surface area contributed by atoms with Crippen LogP contribution in [0.1, 0.15) is 25.5 Å². The number of alkyl halides is 3. The molecule has 1 unspecified atom stereocenters. The van der Waals surface area contributed by atoms with Crippen LogP contribution < -0.4 is 14.8 Å². The van der Waals surface area contributed by atoms with E-state index in [1.807, 2.05) is 4.72 Å². The van der Waals surface area contributed by atoms with Crippen LogP contribution in [0.25, 0.3) is 0 Å². The van der Waals surface area contributed by atoms with Gasteiger partial charge < -0.3 is 20.1 Å². The number of hydrogen-bond acceptors (Lipinski definition) is 8. The maximum absolute atomic E-state index is 13.1. The summed E-state index contributed by atoms with van der Waals surface area (Å²) < 4.78 is 30.4. The Balaban J connectivity index is 1.75. The highest BCUT2D eigenvalue weighted by atomic mass is 35.6. The van der Waals surface area contributed by atoms with Crippen LogP contribution in [-0.2, 0) is 29.3 Å². The highest BCUT2D eigenvalue weighted by Gasteiger charge is 2.64. The number of hydrogen-bond donors (Lipinski definition) is 4. The molecule has 0 radical (unpaired) electrons. The van der Waals surface area contributed by atoms with E-state index in [9.17, 15) is 32.7 Å². The van der Waals surface area contributed by atoms with Crippen LogP contribution >= 0.6 is 46.6 Å². The number of β-lactam (4-membered cyclic amide) rings is 1. The molecule has 2 saturated heterocycles. The van der Waals surface area contributed by atoms with Crippen LogP contribution in [0.4, 0.5) is 4.79 Å². The maximum atomic E-state index is 13.1. The summed E-state index contributed by atoms with van der Waals surface area (Å²) in [6.45, 7) is 2.61. The van der Waals surface area contributed by atoms with Crippen molar-refractivity contribution in [1.29, 1.82) is 0 Å². The highest BCUT2D eigenvalue weighted by molar-refractivity contribution is 8.01. The zero-order chi connectivity index (χ0) is 27.1. The lowest BCUT2D eigenvalue weighted by Crippen LogP contribution is -2.71. The van der Waals surface area contributed by atoms with Crippen molar-refractivity contribution in [3.63, 3.8) is 0 Å². The molecule has 3 rings (SSSR count). The molecular formula is C19H21Cl3N4O8S2. The van der Waals surface area contributed by atoms with Crippen molar-refractivity contribution in [2.45, 2.75) is 45.9 Å².